The van der Waals surface area contributed by atoms with Crippen molar-refractivity contribution < 1.29 is 17.9 Å². The van der Waals surface area contributed by atoms with E-state index in [4.69, 9.17) is 17.0 Å². The number of rotatable bonds is 11. The van der Waals surface area contributed by atoms with Gasteiger partial charge in [-0.25, -0.2) is 8.42 Å². The van der Waals surface area contributed by atoms with E-state index in [9.17, 15) is 13.2 Å². The van der Waals surface area contributed by atoms with Gasteiger partial charge in [-0.15, -0.1) is 0 Å². The molecule has 0 aliphatic rings. The van der Waals surface area contributed by atoms with Gasteiger partial charge in [-0.3, -0.25) is 10.1 Å². The van der Waals surface area contributed by atoms with Crippen LogP contribution >= 0.6 is 28.1 Å². The van der Waals surface area contributed by atoms with E-state index in [-0.39, 0.29) is 10.0 Å². The van der Waals surface area contributed by atoms with Gasteiger partial charge in [-0.2, -0.15) is 4.31 Å². The molecule has 0 fully saturated rings. The van der Waals surface area contributed by atoms with Gasteiger partial charge < -0.3 is 10.1 Å². The summed E-state index contributed by atoms with van der Waals surface area (Å²) in [5.74, 6) is 0.0625. The molecule has 2 rings (SSSR count). The Morgan fingerprint density at radius 2 is 1.67 bits per heavy atom. The fourth-order valence-corrected chi connectivity index (χ4v) is 5.26. The van der Waals surface area contributed by atoms with E-state index in [2.05, 4.69) is 26.6 Å². The fraction of sp³-hybridized carbons (Fsp3) is 0.391. The van der Waals surface area contributed by atoms with Crippen LogP contribution in [0.2, 0.25) is 0 Å². The van der Waals surface area contributed by atoms with E-state index in [1.807, 2.05) is 20.8 Å². The van der Waals surface area contributed by atoms with Crippen molar-refractivity contribution in [2.45, 2.75) is 44.9 Å². The molecule has 0 heterocycles. The van der Waals surface area contributed by atoms with Gasteiger partial charge in [0.25, 0.3) is 5.91 Å². The van der Waals surface area contributed by atoms with Crippen molar-refractivity contribution in [2.24, 2.45) is 0 Å². The number of anilines is 1. The number of benzene rings is 2. The van der Waals surface area contributed by atoms with Crippen molar-refractivity contribution >= 4 is 54.9 Å². The zero-order valence-corrected chi connectivity index (χ0v) is 22.3. The van der Waals surface area contributed by atoms with Crippen LogP contribution in [0.5, 0.6) is 5.75 Å². The minimum Gasteiger partial charge on any atom is -0.493 e. The van der Waals surface area contributed by atoms with Crippen LogP contribution in [-0.4, -0.2) is 43.4 Å². The number of carbonyl (C=O) groups is 1. The monoisotopic (exact) mass is 555 g/mol. The first-order chi connectivity index (χ1) is 15.7. The first kappa shape index (κ1) is 27.2. The quantitative estimate of drug-likeness (QED) is 0.371. The summed E-state index contributed by atoms with van der Waals surface area (Å²) in [7, 11) is -3.56. The molecule has 0 saturated heterocycles. The standard InChI is InChI=1S/C23H30BrN3O4S2/c1-4-13-27(14-5-2)33(29,30)19-10-8-18(9-11-19)25-23(32)26-22(28)20-16-17(24)7-12-21(20)31-15-6-3/h7-12,16H,4-6,13-15H2,1-3H3,(H2,25,26,28,32). The first-order valence-corrected chi connectivity index (χ1v) is 13.5. The number of thiocarbonyl (C=S) groups is 1. The van der Waals surface area contributed by atoms with Crippen molar-refractivity contribution in [1.82, 2.24) is 9.62 Å². The lowest BCUT2D eigenvalue weighted by Gasteiger charge is -2.21. The third-order valence-corrected chi connectivity index (χ3v) is 7.18. The highest BCUT2D eigenvalue weighted by atomic mass is 79.9. The number of sulfonamides is 1. The zero-order chi connectivity index (χ0) is 24.4. The molecule has 0 radical (unpaired) electrons. The Morgan fingerprint density at radius 3 is 2.24 bits per heavy atom. The number of halogens is 1. The number of carbonyl (C=O) groups excluding carboxylic acids is 1. The summed E-state index contributed by atoms with van der Waals surface area (Å²) in [6, 6.07) is 11.5. The zero-order valence-electron chi connectivity index (χ0n) is 19.1. The summed E-state index contributed by atoms with van der Waals surface area (Å²) in [4.78, 5) is 13.0. The predicted octanol–water partition coefficient (Wildman–Crippen LogP) is 5.18. The van der Waals surface area contributed by atoms with Crippen molar-refractivity contribution in [3.05, 3.63) is 52.5 Å². The maximum Gasteiger partial charge on any atom is 0.261 e. The minimum absolute atomic E-state index is 0.0932. The van der Waals surface area contributed by atoms with Crippen LogP contribution in [0.1, 0.15) is 50.4 Å². The molecule has 10 heteroatoms. The van der Waals surface area contributed by atoms with Gasteiger partial charge in [-0.05, 0) is 73.9 Å². The molecule has 2 aromatic rings. The van der Waals surface area contributed by atoms with E-state index < -0.39 is 15.9 Å². The van der Waals surface area contributed by atoms with Gasteiger partial charge in [0, 0.05) is 23.2 Å². The SMILES string of the molecule is CCCOc1ccc(Br)cc1C(=O)NC(=S)Nc1ccc(S(=O)(=O)N(CCC)CCC)cc1. The maximum absolute atomic E-state index is 12.9. The lowest BCUT2D eigenvalue weighted by atomic mass is 10.2. The second kappa shape index (κ2) is 13.0. The number of hydrogen-bond donors (Lipinski definition) is 2. The Kier molecular flexibility index (Phi) is 10.7. The van der Waals surface area contributed by atoms with Crippen molar-refractivity contribution in [3.63, 3.8) is 0 Å². The summed E-state index contributed by atoms with van der Waals surface area (Å²) >= 11 is 8.64. The van der Waals surface area contributed by atoms with Crippen LogP contribution in [0.3, 0.4) is 0 Å². The molecule has 2 aromatic carbocycles. The van der Waals surface area contributed by atoms with Crippen LogP contribution in [0.15, 0.2) is 51.8 Å². The Hall–Kier alpha value is -2.01. The van der Waals surface area contributed by atoms with E-state index >= 15 is 0 Å². The molecule has 0 aliphatic carbocycles. The molecule has 0 bridgehead atoms. The molecule has 0 atom stereocenters. The predicted molar refractivity (Wildman–Crippen MR) is 139 cm³/mol. The highest BCUT2D eigenvalue weighted by molar-refractivity contribution is 9.10. The third-order valence-electron chi connectivity index (χ3n) is 4.57. The normalized spacial score (nSPS) is 11.3. The summed E-state index contributed by atoms with van der Waals surface area (Å²) in [6.45, 7) is 7.34. The van der Waals surface area contributed by atoms with Crippen LogP contribution in [0, 0.1) is 0 Å². The largest absolute Gasteiger partial charge is 0.493 e. The summed E-state index contributed by atoms with van der Waals surface area (Å²) in [6.07, 6.45) is 2.31. The van der Waals surface area contributed by atoms with Crippen molar-refractivity contribution in [3.8, 4) is 5.75 Å². The molecule has 180 valence electrons. The highest BCUT2D eigenvalue weighted by Crippen LogP contribution is 2.24. The Morgan fingerprint density at radius 1 is 1.03 bits per heavy atom. The van der Waals surface area contributed by atoms with E-state index in [1.165, 1.54) is 16.4 Å². The molecule has 1 amide bonds. The van der Waals surface area contributed by atoms with E-state index in [0.717, 1.165) is 23.7 Å². The number of hydrogen-bond acceptors (Lipinski definition) is 5. The van der Waals surface area contributed by atoms with Crippen molar-refractivity contribution in [1.29, 1.82) is 0 Å². The number of nitrogens with one attached hydrogen (secondary N) is 2. The molecular weight excluding hydrogens is 526 g/mol. The van der Waals surface area contributed by atoms with Crippen LogP contribution in [0.25, 0.3) is 0 Å². The Labute approximate surface area is 210 Å². The summed E-state index contributed by atoms with van der Waals surface area (Å²) in [5, 5.41) is 5.65. The second-order valence-corrected chi connectivity index (χ2v) is 10.6. The van der Waals surface area contributed by atoms with E-state index in [1.54, 1.807) is 30.3 Å². The minimum atomic E-state index is -3.56. The lowest BCUT2D eigenvalue weighted by Crippen LogP contribution is -2.34. The molecule has 0 saturated carbocycles. The van der Waals surface area contributed by atoms with Gasteiger partial charge in [0.1, 0.15) is 5.75 Å². The van der Waals surface area contributed by atoms with Crippen LogP contribution in [-0.2, 0) is 10.0 Å². The van der Waals surface area contributed by atoms with E-state index in [0.29, 0.717) is 36.7 Å². The van der Waals surface area contributed by atoms with Gasteiger partial charge in [0.15, 0.2) is 5.11 Å². The van der Waals surface area contributed by atoms with Gasteiger partial charge in [-0.1, -0.05) is 36.7 Å². The second-order valence-electron chi connectivity index (χ2n) is 7.33. The Bertz CT molecular complexity index is 1050. The summed E-state index contributed by atoms with van der Waals surface area (Å²) in [5.41, 5.74) is 0.920. The third kappa shape index (κ3) is 7.77. The number of ether oxygens (including phenoxy) is 1. The van der Waals surface area contributed by atoms with Gasteiger partial charge in [0.2, 0.25) is 10.0 Å². The average Bonchev–Trinajstić information content (AvgIpc) is 2.78. The highest BCUT2D eigenvalue weighted by Gasteiger charge is 2.23. The molecule has 0 aliphatic heterocycles. The van der Waals surface area contributed by atoms with Gasteiger partial charge >= 0.3 is 0 Å². The maximum atomic E-state index is 12.9. The molecule has 7 nitrogen and oxygen atoms in total. The lowest BCUT2D eigenvalue weighted by molar-refractivity contribution is 0.0973. The topological polar surface area (TPSA) is 87.7 Å². The smallest absolute Gasteiger partial charge is 0.261 e. The molecule has 0 aromatic heterocycles. The first-order valence-electron chi connectivity index (χ1n) is 10.9. The van der Waals surface area contributed by atoms with Gasteiger partial charge in [0.05, 0.1) is 17.1 Å². The van der Waals surface area contributed by atoms with Crippen molar-refractivity contribution in [2.75, 3.05) is 25.0 Å². The average molecular weight is 557 g/mol. The molecule has 2 N–H and O–H groups in total. The van der Waals surface area contributed by atoms with Crippen LogP contribution in [0.4, 0.5) is 5.69 Å². The Balaban J connectivity index is 2.08. The molecule has 0 spiro atoms. The molecular formula is C23H30BrN3O4S2. The molecule has 0 unspecified atom stereocenters. The van der Waals surface area contributed by atoms with Crippen LogP contribution < -0.4 is 15.4 Å². The summed E-state index contributed by atoms with van der Waals surface area (Å²) < 4.78 is 33.7. The number of nitrogens with zero attached hydrogens (tertiary/aromatic N) is 1. The number of amides is 1. The molecule has 33 heavy (non-hydrogen) atoms. The fourth-order valence-electron chi connectivity index (χ4n) is 3.06.